The van der Waals surface area contributed by atoms with Gasteiger partial charge in [-0.25, -0.2) is 9.79 Å². The molecule has 2 heterocycles. The first-order valence-electron chi connectivity index (χ1n) is 9.12. The van der Waals surface area contributed by atoms with E-state index in [1.165, 1.54) is 14.0 Å². The molecule has 1 aromatic heterocycles. The average molecular weight is 398 g/mol. The van der Waals surface area contributed by atoms with Gasteiger partial charge in [0, 0.05) is 18.6 Å². The molecule has 3 rings (SSSR count). The summed E-state index contributed by atoms with van der Waals surface area (Å²) in [4.78, 5) is 40.6. The van der Waals surface area contributed by atoms with Crippen LogP contribution in [0.1, 0.15) is 25.8 Å². The molecule has 2 aromatic rings. The van der Waals surface area contributed by atoms with E-state index in [1.807, 2.05) is 31.2 Å². The second-order valence-electron chi connectivity index (χ2n) is 6.37. The van der Waals surface area contributed by atoms with Crippen molar-refractivity contribution in [3.8, 4) is 5.88 Å². The summed E-state index contributed by atoms with van der Waals surface area (Å²) >= 11 is 0. The Balaban J connectivity index is 2.10. The van der Waals surface area contributed by atoms with Gasteiger partial charge in [0.1, 0.15) is 11.6 Å². The molecule has 9 nitrogen and oxygen atoms in total. The number of nitrogens with one attached hydrogen (secondary N) is 3. The van der Waals surface area contributed by atoms with Crippen LogP contribution in [0.4, 0.5) is 0 Å². The van der Waals surface area contributed by atoms with E-state index in [4.69, 9.17) is 9.47 Å². The van der Waals surface area contributed by atoms with Crippen LogP contribution >= 0.6 is 0 Å². The van der Waals surface area contributed by atoms with Crippen LogP contribution in [0.2, 0.25) is 0 Å². The van der Waals surface area contributed by atoms with E-state index in [9.17, 15) is 14.4 Å². The number of H-pyrrole nitrogens is 2. The summed E-state index contributed by atoms with van der Waals surface area (Å²) < 4.78 is 10.3. The molecule has 0 fully saturated rings. The van der Waals surface area contributed by atoms with E-state index < -0.39 is 12.0 Å². The molecule has 0 saturated carbocycles. The summed E-state index contributed by atoms with van der Waals surface area (Å²) in [5.74, 6) is -0.608. The number of fused-ring (bicyclic) bond motifs is 1. The predicted molar refractivity (Wildman–Crippen MR) is 105 cm³/mol. The Bertz CT molecular complexity index is 1140. The Kier molecular flexibility index (Phi) is 5.96. The van der Waals surface area contributed by atoms with Crippen molar-refractivity contribution in [2.75, 3.05) is 13.7 Å². The minimum absolute atomic E-state index is 0.158. The third-order valence-corrected chi connectivity index (χ3v) is 4.40. The summed E-state index contributed by atoms with van der Waals surface area (Å²) in [6, 6.07) is 6.54. The van der Waals surface area contributed by atoms with Gasteiger partial charge >= 0.3 is 5.97 Å². The predicted octanol–water partition coefficient (Wildman–Crippen LogP) is -0.00550. The molecule has 1 amide bonds. The standard InChI is InChI=1S/C20H22N4O5/c1-4-29-19-14(18(26)23-24-19)10-16-13(12-7-5-6-8-15(12)22-16)9-17(20(27)28-3)21-11(2)25/h5-8,10,17H,4,9H2,1-3H3,(H,21,25)(H2,23,24,26)/b16-10+. The van der Waals surface area contributed by atoms with Gasteiger partial charge in [-0.3, -0.25) is 19.8 Å². The number of carbonyl (C=O) groups excluding carboxylic acids is 2. The highest BCUT2D eigenvalue weighted by molar-refractivity contribution is 5.86. The van der Waals surface area contributed by atoms with Gasteiger partial charge in [0.15, 0.2) is 0 Å². The molecule has 9 heteroatoms. The van der Waals surface area contributed by atoms with Crippen LogP contribution in [0.25, 0.3) is 11.6 Å². The van der Waals surface area contributed by atoms with Crippen LogP contribution in [0, 0.1) is 0 Å². The van der Waals surface area contributed by atoms with E-state index in [1.54, 1.807) is 6.08 Å². The first kappa shape index (κ1) is 20.1. The monoisotopic (exact) mass is 398 g/mol. The molecule has 152 valence electrons. The number of aromatic nitrogens is 2. The number of aromatic amines is 2. The molecule has 0 aliphatic carbocycles. The van der Waals surface area contributed by atoms with Gasteiger partial charge in [-0.2, -0.15) is 0 Å². The number of para-hydroxylation sites is 1. The SMILES string of the molecule is CCOc1[nH][nH]c(=O)c1/C=C1/N=c2ccccc2=C1CC(NC(C)=O)C(=O)OC. The quantitative estimate of drug-likeness (QED) is 0.566. The molecule has 0 bridgehead atoms. The van der Waals surface area contributed by atoms with Crippen molar-refractivity contribution in [1.29, 1.82) is 0 Å². The number of methoxy groups -OCH3 is 1. The lowest BCUT2D eigenvalue weighted by atomic mass is 10.0. The highest BCUT2D eigenvalue weighted by Gasteiger charge is 2.26. The molecule has 1 aliphatic heterocycles. The second kappa shape index (κ2) is 8.59. The minimum Gasteiger partial charge on any atom is -0.478 e. The van der Waals surface area contributed by atoms with Crippen molar-refractivity contribution < 1.29 is 19.1 Å². The van der Waals surface area contributed by atoms with Crippen LogP contribution in [0.15, 0.2) is 39.7 Å². The molecule has 1 aromatic carbocycles. The number of benzene rings is 1. The number of esters is 1. The van der Waals surface area contributed by atoms with Crippen LogP contribution < -0.4 is 26.2 Å². The second-order valence-corrected chi connectivity index (χ2v) is 6.37. The van der Waals surface area contributed by atoms with Crippen LogP contribution in [0.3, 0.4) is 0 Å². The molecule has 3 N–H and O–H groups in total. The number of nitrogens with zero attached hydrogens (tertiary/aromatic N) is 1. The topological polar surface area (TPSA) is 126 Å². The fraction of sp³-hybridized carbons (Fsp3) is 0.300. The van der Waals surface area contributed by atoms with Crippen molar-refractivity contribution >= 4 is 23.5 Å². The Morgan fingerprint density at radius 3 is 2.72 bits per heavy atom. The number of hydrogen-bond acceptors (Lipinski definition) is 6. The number of rotatable bonds is 7. The fourth-order valence-electron chi connectivity index (χ4n) is 3.16. The molecular weight excluding hydrogens is 376 g/mol. The van der Waals surface area contributed by atoms with Crippen molar-refractivity contribution in [3.05, 3.63) is 56.5 Å². The summed E-state index contributed by atoms with van der Waals surface area (Å²) in [5.41, 5.74) is 1.17. The molecule has 29 heavy (non-hydrogen) atoms. The van der Waals surface area contributed by atoms with Crippen molar-refractivity contribution in [3.63, 3.8) is 0 Å². The van der Waals surface area contributed by atoms with Gasteiger partial charge in [-0.1, -0.05) is 18.2 Å². The normalized spacial score (nSPS) is 14.9. The van der Waals surface area contributed by atoms with Crippen molar-refractivity contribution in [2.45, 2.75) is 26.3 Å². The lowest BCUT2D eigenvalue weighted by Gasteiger charge is -2.16. The van der Waals surface area contributed by atoms with Crippen LogP contribution in [-0.4, -0.2) is 41.8 Å². The lowest BCUT2D eigenvalue weighted by molar-refractivity contribution is -0.144. The zero-order valence-corrected chi connectivity index (χ0v) is 16.4. The highest BCUT2D eigenvalue weighted by Crippen LogP contribution is 2.24. The fourth-order valence-corrected chi connectivity index (χ4v) is 3.16. The minimum atomic E-state index is -0.881. The highest BCUT2D eigenvalue weighted by atomic mass is 16.5. The average Bonchev–Trinajstić information content (AvgIpc) is 3.22. The third-order valence-electron chi connectivity index (χ3n) is 4.40. The van der Waals surface area contributed by atoms with Gasteiger partial charge in [0.05, 0.1) is 24.8 Å². The smallest absolute Gasteiger partial charge is 0.328 e. The number of amides is 1. The molecular formula is C20H22N4O5. The van der Waals surface area contributed by atoms with E-state index >= 15 is 0 Å². The number of hydrogen-bond donors (Lipinski definition) is 3. The van der Waals surface area contributed by atoms with Gasteiger partial charge < -0.3 is 14.8 Å². The van der Waals surface area contributed by atoms with E-state index in [0.29, 0.717) is 34.7 Å². The molecule has 1 atom stereocenters. The first-order chi connectivity index (χ1) is 13.9. The number of carbonyl (C=O) groups is 2. The Morgan fingerprint density at radius 2 is 2.03 bits per heavy atom. The third kappa shape index (κ3) is 4.29. The molecule has 1 aliphatic rings. The Labute approximate surface area is 166 Å². The zero-order valence-electron chi connectivity index (χ0n) is 16.4. The maximum absolute atomic E-state index is 12.2. The van der Waals surface area contributed by atoms with Gasteiger partial charge in [-0.05, 0) is 24.6 Å². The Morgan fingerprint density at radius 1 is 1.28 bits per heavy atom. The van der Waals surface area contributed by atoms with Gasteiger partial charge in [0.2, 0.25) is 11.8 Å². The van der Waals surface area contributed by atoms with Crippen LogP contribution in [0.5, 0.6) is 5.88 Å². The summed E-state index contributed by atoms with van der Waals surface area (Å²) in [6.07, 6.45) is 1.77. The summed E-state index contributed by atoms with van der Waals surface area (Å²) in [6.45, 7) is 3.52. The largest absolute Gasteiger partial charge is 0.478 e. The Hall–Kier alpha value is -3.62. The molecule has 1 unspecified atom stereocenters. The van der Waals surface area contributed by atoms with Gasteiger partial charge in [0.25, 0.3) is 5.56 Å². The van der Waals surface area contributed by atoms with Crippen molar-refractivity contribution in [1.82, 2.24) is 15.5 Å². The summed E-state index contributed by atoms with van der Waals surface area (Å²) in [7, 11) is 1.26. The van der Waals surface area contributed by atoms with Crippen LogP contribution in [-0.2, 0) is 14.3 Å². The van der Waals surface area contributed by atoms with E-state index in [0.717, 1.165) is 5.22 Å². The van der Waals surface area contributed by atoms with E-state index in [-0.39, 0.29) is 17.9 Å². The summed E-state index contributed by atoms with van der Waals surface area (Å²) in [5, 5.41) is 9.33. The maximum Gasteiger partial charge on any atom is 0.328 e. The van der Waals surface area contributed by atoms with Crippen molar-refractivity contribution in [2.24, 2.45) is 4.99 Å². The zero-order chi connectivity index (χ0) is 21.0. The molecule has 0 saturated heterocycles. The maximum atomic E-state index is 12.2. The molecule has 0 spiro atoms. The van der Waals surface area contributed by atoms with E-state index in [2.05, 4.69) is 20.5 Å². The molecule has 0 radical (unpaired) electrons. The van der Waals surface area contributed by atoms with Gasteiger partial charge in [-0.15, -0.1) is 0 Å². The number of ether oxygens (including phenoxy) is 2. The first-order valence-corrected chi connectivity index (χ1v) is 9.12. The lowest BCUT2D eigenvalue weighted by Crippen LogP contribution is -2.41. The number of allylic oxidation sites excluding steroid dienone is 1.